The number of hydrogen-bond donors (Lipinski definition) is 1. The van der Waals surface area contributed by atoms with Crippen molar-refractivity contribution in [2.45, 2.75) is 39.5 Å². The van der Waals surface area contributed by atoms with Gasteiger partial charge in [-0.25, -0.2) is 9.78 Å². The van der Waals surface area contributed by atoms with E-state index in [0.29, 0.717) is 23.4 Å². The number of carbonyl (C=O) groups is 3. The van der Waals surface area contributed by atoms with E-state index in [4.69, 9.17) is 4.74 Å². The average Bonchev–Trinajstić information content (AvgIpc) is 2.88. The second kappa shape index (κ2) is 7.54. The number of nitrogens with one attached hydrogen (secondary N) is 1. The molecule has 0 spiro atoms. The normalized spacial score (nSPS) is 20.8. The van der Waals surface area contributed by atoms with E-state index < -0.39 is 23.8 Å². The molecule has 1 fully saturated rings. The fraction of sp³-hybridized carbons (Fsp3) is 0.600. The van der Waals surface area contributed by atoms with Crippen molar-refractivity contribution in [3.05, 3.63) is 10.6 Å². The van der Waals surface area contributed by atoms with Crippen molar-refractivity contribution in [1.82, 2.24) is 4.98 Å². The Morgan fingerprint density at radius 3 is 2.57 bits per heavy atom. The van der Waals surface area contributed by atoms with Gasteiger partial charge in [0.05, 0.1) is 12.3 Å². The maximum absolute atomic E-state index is 12.3. The molecule has 1 saturated carbocycles. The number of carboxylic acid groups (broad SMARTS) is 1. The van der Waals surface area contributed by atoms with Crippen molar-refractivity contribution in [2.24, 2.45) is 11.8 Å². The molecule has 0 radical (unpaired) electrons. The lowest BCUT2D eigenvalue weighted by molar-refractivity contribution is -0.313. The first-order valence-electron chi connectivity index (χ1n) is 7.60. The van der Waals surface area contributed by atoms with Crippen LogP contribution in [0.2, 0.25) is 0 Å². The molecule has 1 aliphatic carbocycles. The van der Waals surface area contributed by atoms with Gasteiger partial charge in [0.1, 0.15) is 4.88 Å². The first-order valence-corrected chi connectivity index (χ1v) is 8.42. The fourth-order valence-electron chi connectivity index (χ4n) is 2.76. The molecule has 0 bridgehead atoms. The Hall–Kier alpha value is -1.96. The van der Waals surface area contributed by atoms with Gasteiger partial charge in [0.2, 0.25) is 5.91 Å². The maximum Gasteiger partial charge on any atom is 0.350 e. The third-order valence-electron chi connectivity index (χ3n) is 3.89. The topological polar surface area (TPSA) is 108 Å². The van der Waals surface area contributed by atoms with Crippen LogP contribution in [0.15, 0.2) is 0 Å². The van der Waals surface area contributed by atoms with Gasteiger partial charge in [0.25, 0.3) is 0 Å². The number of thiazole rings is 1. The predicted molar refractivity (Wildman–Crippen MR) is 81.9 cm³/mol. The minimum Gasteiger partial charge on any atom is -0.550 e. The number of aromatic nitrogens is 1. The number of carbonyl (C=O) groups excluding carboxylic acids is 3. The number of aliphatic carboxylic acids is 1. The van der Waals surface area contributed by atoms with Crippen LogP contribution in [-0.2, 0) is 14.3 Å². The van der Waals surface area contributed by atoms with Crippen LogP contribution >= 0.6 is 11.3 Å². The van der Waals surface area contributed by atoms with Gasteiger partial charge in [-0.15, -0.1) is 0 Å². The number of nitrogens with zero attached hydrogens (tertiary/aromatic N) is 1. The molecule has 8 heteroatoms. The van der Waals surface area contributed by atoms with E-state index in [1.165, 1.54) is 0 Å². The monoisotopic (exact) mass is 339 g/mol. The Labute approximate surface area is 138 Å². The second-order valence-electron chi connectivity index (χ2n) is 5.46. The van der Waals surface area contributed by atoms with E-state index in [-0.39, 0.29) is 17.6 Å². The van der Waals surface area contributed by atoms with Crippen LogP contribution < -0.4 is 10.4 Å². The second-order valence-corrected chi connectivity index (χ2v) is 6.46. The Morgan fingerprint density at radius 2 is 1.96 bits per heavy atom. The van der Waals surface area contributed by atoms with Gasteiger partial charge in [-0.05, 0) is 26.7 Å². The highest BCUT2D eigenvalue weighted by atomic mass is 32.1. The predicted octanol–water partition coefficient (Wildman–Crippen LogP) is 1.12. The van der Waals surface area contributed by atoms with Crippen LogP contribution in [0.5, 0.6) is 0 Å². The summed E-state index contributed by atoms with van der Waals surface area (Å²) in [5.41, 5.74) is 0.476. The Kier molecular flexibility index (Phi) is 5.70. The average molecular weight is 339 g/mol. The molecule has 0 aromatic carbocycles. The molecule has 1 aromatic heterocycles. The highest BCUT2D eigenvalue weighted by Crippen LogP contribution is 2.31. The molecule has 126 valence electrons. The van der Waals surface area contributed by atoms with Crippen LogP contribution in [0.1, 0.15) is 48.0 Å². The van der Waals surface area contributed by atoms with Crippen molar-refractivity contribution in [3.8, 4) is 0 Å². The van der Waals surface area contributed by atoms with E-state index in [0.717, 1.165) is 24.2 Å². The number of anilines is 1. The molecule has 1 N–H and O–H groups in total. The van der Waals surface area contributed by atoms with Crippen molar-refractivity contribution in [2.75, 3.05) is 11.9 Å². The third kappa shape index (κ3) is 4.07. The standard InChI is InChI=1S/C15H20N2O5S/c1-3-22-14(21)11-8(2)16-15(23-11)17-12(18)9-6-4-5-7-10(9)13(19)20/h9-10H,3-7H2,1-2H3,(H,19,20)(H,16,17,18)/p-1. The van der Waals surface area contributed by atoms with E-state index in [1.807, 2.05) is 0 Å². The molecular formula is C15H19N2O5S-. The highest BCUT2D eigenvalue weighted by molar-refractivity contribution is 7.17. The lowest BCUT2D eigenvalue weighted by Gasteiger charge is -2.30. The fourth-order valence-corrected chi connectivity index (χ4v) is 3.62. The van der Waals surface area contributed by atoms with E-state index in [2.05, 4.69) is 10.3 Å². The molecule has 1 aliphatic rings. The molecular weight excluding hydrogens is 320 g/mol. The Bertz CT molecular complexity index is 613. The number of esters is 1. The molecule has 23 heavy (non-hydrogen) atoms. The SMILES string of the molecule is CCOC(=O)c1sc(NC(=O)C2CCCCC2C(=O)[O-])nc1C. The van der Waals surface area contributed by atoms with Crippen LogP contribution in [0.3, 0.4) is 0 Å². The number of ether oxygens (including phenoxy) is 1. The van der Waals surface area contributed by atoms with Crippen molar-refractivity contribution in [1.29, 1.82) is 0 Å². The van der Waals surface area contributed by atoms with E-state index in [9.17, 15) is 19.5 Å². The van der Waals surface area contributed by atoms with Gasteiger partial charge in [-0.1, -0.05) is 24.2 Å². The van der Waals surface area contributed by atoms with Crippen molar-refractivity contribution in [3.63, 3.8) is 0 Å². The summed E-state index contributed by atoms with van der Waals surface area (Å²) in [7, 11) is 0. The smallest absolute Gasteiger partial charge is 0.350 e. The third-order valence-corrected chi connectivity index (χ3v) is 4.95. The van der Waals surface area contributed by atoms with Crippen LogP contribution in [0.25, 0.3) is 0 Å². The van der Waals surface area contributed by atoms with Crippen molar-refractivity contribution < 1.29 is 24.2 Å². The molecule has 2 unspecified atom stereocenters. The molecule has 7 nitrogen and oxygen atoms in total. The van der Waals surface area contributed by atoms with Gasteiger partial charge in [0, 0.05) is 17.8 Å². The van der Waals surface area contributed by atoms with Crippen LogP contribution in [0.4, 0.5) is 5.13 Å². The lowest BCUT2D eigenvalue weighted by Crippen LogP contribution is -2.42. The zero-order valence-corrected chi connectivity index (χ0v) is 13.9. The number of hydrogen-bond acceptors (Lipinski definition) is 7. The summed E-state index contributed by atoms with van der Waals surface area (Å²) in [6.45, 7) is 3.62. The summed E-state index contributed by atoms with van der Waals surface area (Å²) in [6.07, 6.45) is 2.56. The summed E-state index contributed by atoms with van der Waals surface area (Å²) >= 11 is 1.03. The number of amides is 1. The van der Waals surface area contributed by atoms with Gasteiger partial charge in [0.15, 0.2) is 5.13 Å². The molecule has 2 atom stereocenters. The quantitative estimate of drug-likeness (QED) is 0.805. The van der Waals surface area contributed by atoms with Gasteiger partial charge >= 0.3 is 5.97 Å². The molecule has 0 saturated heterocycles. The summed E-state index contributed by atoms with van der Waals surface area (Å²) in [5, 5.41) is 14.1. The number of rotatable bonds is 5. The minimum absolute atomic E-state index is 0.257. The first kappa shape index (κ1) is 17.4. The van der Waals surface area contributed by atoms with E-state index in [1.54, 1.807) is 13.8 Å². The van der Waals surface area contributed by atoms with Crippen LogP contribution in [0, 0.1) is 18.8 Å². The zero-order valence-electron chi connectivity index (χ0n) is 13.1. The number of carboxylic acids is 1. The van der Waals surface area contributed by atoms with Crippen LogP contribution in [-0.4, -0.2) is 29.4 Å². The highest BCUT2D eigenvalue weighted by Gasteiger charge is 2.32. The summed E-state index contributed by atoms with van der Waals surface area (Å²) < 4.78 is 4.92. The molecule has 0 aliphatic heterocycles. The summed E-state index contributed by atoms with van der Waals surface area (Å²) in [4.78, 5) is 39.8. The lowest BCUT2D eigenvalue weighted by atomic mass is 9.79. The first-order chi connectivity index (χ1) is 10.9. The Balaban J connectivity index is 2.09. The van der Waals surface area contributed by atoms with E-state index >= 15 is 0 Å². The molecule has 1 amide bonds. The van der Waals surface area contributed by atoms with Crippen molar-refractivity contribution >= 4 is 34.3 Å². The molecule has 1 heterocycles. The zero-order chi connectivity index (χ0) is 17.0. The Morgan fingerprint density at radius 1 is 1.30 bits per heavy atom. The summed E-state index contributed by atoms with van der Waals surface area (Å²) in [6, 6.07) is 0. The molecule has 2 rings (SSSR count). The maximum atomic E-state index is 12.3. The van der Waals surface area contributed by atoms with Gasteiger partial charge < -0.3 is 20.0 Å². The number of aryl methyl sites for hydroxylation is 1. The van der Waals surface area contributed by atoms with Gasteiger partial charge in [-0.3, -0.25) is 4.79 Å². The van der Waals surface area contributed by atoms with Gasteiger partial charge in [-0.2, -0.15) is 0 Å². The molecule has 1 aromatic rings. The largest absolute Gasteiger partial charge is 0.550 e. The summed E-state index contributed by atoms with van der Waals surface area (Å²) in [5.74, 6) is -3.44. The minimum atomic E-state index is -1.19.